The van der Waals surface area contributed by atoms with Crippen LogP contribution in [0.2, 0.25) is 18.1 Å². The highest BCUT2D eigenvalue weighted by atomic mass is 28.4. The molecule has 2 atom stereocenters. The average Bonchev–Trinajstić information content (AvgIpc) is 2.90. The minimum Gasteiger partial charge on any atom is -0.543 e. The lowest BCUT2D eigenvalue weighted by atomic mass is 9.88. The summed E-state index contributed by atoms with van der Waals surface area (Å²) in [5.41, 5.74) is -2.83. The molecule has 2 amide bonds. The number of rotatable bonds is 11. The number of imide groups is 1. The normalized spacial score (nSPS) is 14.5. The van der Waals surface area contributed by atoms with Gasteiger partial charge in [0, 0.05) is 12.8 Å². The molecular formula is C35H53NO9Si. The van der Waals surface area contributed by atoms with E-state index in [0.29, 0.717) is 21.8 Å². The highest BCUT2D eigenvalue weighted by molar-refractivity contribution is 6.74. The summed E-state index contributed by atoms with van der Waals surface area (Å²) >= 11 is 0. The van der Waals surface area contributed by atoms with Crippen molar-refractivity contribution in [3.05, 3.63) is 65.7 Å². The van der Waals surface area contributed by atoms with Crippen molar-refractivity contribution in [1.29, 1.82) is 0 Å². The second-order valence-electron chi connectivity index (χ2n) is 15.2. The number of nitrogens with zero attached hydrogens (tertiary/aromatic N) is 1. The molecule has 0 saturated carbocycles. The fourth-order valence-corrected chi connectivity index (χ4v) is 5.20. The molecule has 0 saturated heterocycles. The quantitative estimate of drug-likeness (QED) is 0.149. The highest BCUT2D eigenvalue weighted by Crippen LogP contribution is 2.39. The first-order valence-corrected chi connectivity index (χ1v) is 18.4. The van der Waals surface area contributed by atoms with E-state index >= 15 is 0 Å². The van der Waals surface area contributed by atoms with Crippen LogP contribution in [0.3, 0.4) is 0 Å². The van der Waals surface area contributed by atoms with Gasteiger partial charge >= 0.3 is 18.2 Å². The average molecular weight is 660 g/mol. The Morgan fingerprint density at radius 3 is 1.78 bits per heavy atom. The van der Waals surface area contributed by atoms with Gasteiger partial charge in [-0.05, 0) is 76.9 Å². The van der Waals surface area contributed by atoms with Crippen LogP contribution in [0.15, 0.2) is 54.6 Å². The number of ether oxygens (including phenoxy) is 3. The van der Waals surface area contributed by atoms with Crippen molar-refractivity contribution in [2.24, 2.45) is 0 Å². The lowest BCUT2D eigenvalue weighted by Gasteiger charge is -2.38. The number of para-hydroxylation sites is 1. The lowest BCUT2D eigenvalue weighted by molar-refractivity contribution is -0.154. The zero-order chi connectivity index (χ0) is 35.1. The zero-order valence-electron chi connectivity index (χ0n) is 29.3. The molecule has 2 aromatic carbocycles. The zero-order valence-corrected chi connectivity index (χ0v) is 30.3. The lowest BCUT2D eigenvalue weighted by Crippen LogP contribution is -2.56. The van der Waals surface area contributed by atoms with Crippen LogP contribution in [0, 0.1) is 0 Å². The van der Waals surface area contributed by atoms with Gasteiger partial charge in [-0.15, -0.1) is 0 Å². The topological polar surface area (TPSA) is 132 Å². The summed E-state index contributed by atoms with van der Waals surface area (Å²) in [6.07, 6.45) is -3.06. The molecule has 0 aromatic heterocycles. The Balaban J connectivity index is 2.59. The smallest absolute Gasteiger partial charge is 0.420 e. The summed E-state index contributed by atoms with van der Waals surface area (Å²) in [6.45, 7) is 19.3. The molecule has 0 spiro atoms. The number of amides is 2. The first kappa shape index (κ1) is 38.8. The molecule has 0 bridgehead atoms. The Labute approximate surface area is 275 Å². The van der Waals surface area contributed by atoms with E-state index in [1.807, 2.05) is 12.1 Å². The number of esters is 1. The van der Waals surface area contributed by atoms with Crippen molar-refractivity contribution in [3.8, 4) is 5.75 Å². The summed E-state index contributed by atoms with van der Waals surface area (Å²) in [5.74, 6) is -0.446. The second kappa shape index (κ2) is 15.0. The van der Waals surface area contributed by atoms with E-state index in [0.717, 1.165) is 0 Å². The van der Waals surface area contributed by atoms with Gasteiger partial charge in [-0.1, -0.05) is 69.3 Å². The van der Waals surface area contributed by atoms with Crippen LogP contribution in [-0.2, 0) is 32.0 Å². The second-order valence-corrected chi connectivity index (χ2v) is 19.9. The van der Waals surface area contributed by atoms with Crippen LogP contribution < -0.4 is 4.43 Å². The van der Waals surface area contributed by atoms with Crippen molar-refractivity contribution < 1.29 is 43.2 Å². The van der Waals surface area contributed by atoms with Gasteiger partial charge < -0.3 is 28.8 Å². The predicted molar refractivity (Wildman–Crippen MR) is 179 cm³/mol. The summed E-state index contributed by atoms with van der Waals surface area (Å²) in [5, 5.41) is 22.4. The van der Waals surface area contributed by atoms with E-state index < -0.39 is 62.3 Å². The maximum atomic E-state index is 13.8. The third-order valence-electron chi connectivity index (χ3n) is 7.52. The summed E-state index contributed by atoms with van der Waals surface area (Å²) in [4.78, 5) is 41.5. The largest absolute Gasteiger partial charge is 0.543 e. The Morgan fingerprint density at radius 2 is 1.30 bits per heavy atom. The fourth-order valence-electron chi connectivity index (χ4n) is 4.14. The minimum atomic E-state index is -2.30. The van der Waals surface area contributed by atoms with Crippen LogP contribution in [0.25, 0.3) is 0 Å². The molecule has 0 aliphatic heterocycles. The van der Waals surface area contributed by atoms with Crippen molar-refractivity contribution in [3.63, 3.8) is 0 Å². The van der Waals surface area contributed by atoms with Crippen molar-refractivity contribution >= 4 is 26.5 Å². The number of benzene rings is 2. The molecule has 46 heavy (non-hydrogen) atoms. The SMILES string of the molecule is CC(C)(C)OC(=O)N(C(=O)OC(C)(C)C)[C@@H](CC(O)(CO)Cc1ccccc1O[Si](C)(C)C(C)(C)C)C(=O)OCc1ccccc1. The van der Waals surface area contributed by atoms with E-state index in [4.69, 9.17) is 18.6 Å². The standard InChI is InChI=1S/C35H53NO9Si/c1-32(2,3)43-30(39)36(31(40)44-33(4,5)6)27(29(38)42-23-25-17-13-12-14-18-25)22-35(41,24-37)21-26-19-15-16-20-28(26)45-46(10,11)34(7,8)9/h12-20,27,37,41H,21-24H2,1-11H3/t27-,35?/m0/s1. The molecule has 0 aliphatic rings. The van der Waals surface area contributed by atoms with Gasteiger partial charge in [-0.3, -0.25) is 0 Å². The van der Waals surface area contributed by atoms with Crippen LogP contribution in [0.4, 0.5) is 9.59 Å². The van der Waals surface area contributed by atoms with Gasteiger partial charge in [0.25, 0.3) is 0 Å². The molecule has 2 rings (SSSR count). The van der Waals surface area contributed by atoms with Gasteiger partial charge in [-0.25, -0.2) is 14.4 Å². The van der Waals surface area contributed by atoms with E-state index in [9.17, 15) is 24.6 Å². The Morgan fingerprint density at radius 1 is 0.804 bits per heavy atom. The van der Waals surface area contributed by atoms with Crippen LogP contribution in [0.1, 0.15) is 79.9 Å². The molecule has 0 aliphatic carbocycles. The van der Waals surface area contributed by atoms with E-state index in [2.05, 4.69) is 33.9 Å². The number of hydrogen-bond donors (Lipinski definition) is 2. The molecule has 0 heterocycles. The summed E-state index contributed by atoms with van der Waals surface area (Å²) in [7, 11) is -2.30. The molecule has 10 nitrogen and oxygen atoms in total. The van der Waals surface area contributed by atoms with Crippen molar-refractivity contribution in [1.82, 2.24) is 4.90 Å². The Bertz CT molecular complexity index is 1300. The number of aliphatic hydroxyl groups excluding tert-OH is 1. The summed E-state index contributed by atoms with van der Waals surface area (Å²) in [6, 6.07) is 14.3. The number of carbonyl (C=O) groups excluding carboxylic acids is 3. The van der Waals surface area contributed by atoms with E-state index in [-0.39, 0.29) is 18.1 Å². The highest BCUT2D eigenvalue weighted by Gasteiger charge is 2.46. The maximum absolute atomic E-state index is 13.8. The Kier molecular flexibility index (Phi) is 12.6. The molecule has 11 heteroatoms. The van der Waals surface area contributed by atoms with Gasteiger partial charge in [0.05, 0.1) is 12.2 Å². The van der Waals surface area contributed by atoms with E-state index in [1.165, 1.54) is 0 Å². The van der Waals surface area contributed by atoms with Crippen LogP contribution in [-0.4, -0.2) is 71.0 Å². The van der Waals surface area contributed by atoms with Crippen LogP contribution >= 0.6 is 0 Å². The third kappa shape index (κ3) is 11.7. The van der Waals surface area contributed by atoms with E-state index in [1.54, 1.807) is 84.0 Å². The Hall–Kier alpha value is -3.41. The predicted octanol–water partition coefficient (Wildman–Crippen LogP) is 7.01. The van der Waals surface area contributed by atoms with Crippen LogP contribution in [0.5, 0.6) is 5.75 Å². The third-order valence-corrected chi connectivity index (χ3v) is 11.9. The molecule has 2 N–H and O–H groups in total. The molecule has 0 fully saturated rings. The molecule has 1 unspecified atom stereocenters. The molecule has 256 valence electrons. The maximum Gasteiger partial charge on any atom is 0.420 e. The van der Waals surface area contributed by atoms with Crippen molar-refractivity contribution in [2.45, 2.75) is 123 Å². The van der Waals surface area contributed by atoms with Gasteiger partial charge in [0.1, 0.15) is 29.6 Å². The minimum absolute atomic E-state index is 0.109. The molecular weight excluding hydrogens is 606 g/mol. The number of carbonyl (C=O) groups is 3. The van der Waals surface area contributed by atoms with Gasteiger partial charge in [-0.2, -0.15) is 4.90 Å². The van der Waals surface area contributed by atoms with Crippen molar-refractivity contribution in [2.75, 3.05) is 6.61 Å². The molecule has 0 radical (unpaired) electrons. The fraction of sp³-hybridized carbons (Fsp3) is 0.571. The van der Waals surface area contributed by atoms with Gasteiger partial charge in [0.2, 0.25) is 8.32 Å². The summed E-state index contributed by atoms with van der Waals surface area (Å²) < 4.78 is 23.2. The first-order chi connectivity index (χ1) is 21.0. The molecule has 2 aromatic rings. The van der Waals surface area contributed by atoms with Gasteiger partial charge in [0.15, 0.2) is 0 Å². The first-order valence-electron chi connectivity index (χ1n) is 15.5. The number of aliphatic hydroxyl groups is 2. The number of hydrogen-bond acceptors (Lipinski definition) is 9. The monoisotopic (exact) mass is 659 g/mol.